The summed E-state index contributed by atoms with van der Waals surface area (Å²) in [4.78, 5) is 26.7. The van der Waals surface area contributed by atoms with E-state index in [9.17, 15) is 9.18 Å². The van der Waals surface area contributed by atoms with E-state index in [0.717, 1.165) is 12.8 Å². The fraction of sp³-hybridized carbons (Fsp3) is 0.316. The van der Waals surface area contributed by atoms with Gasteiger partial charge in [-0.25, -0.2) is 9.37 Å². The molecule has 1 aromatic carbocycles. The molecule has 1 aliphatic heterocycles. The van der Waals surface area contributed by atoms with Crippen molar-refractivity contribution >= 4 is 5.91 Å². The van der Waals surface area contributed by atoms with Gasteiger partial charge in [0, 0.05) is 31.9 Å². The molecule has 8 heteroatoms. The summed E-state index contributed by atoms with van der Waals surface area (Å²) in [5.74, 6) is 0.389. The van der Waals surface area contributed by atoms with Gasteiger partial charge in [0.15, 0.2) is 0 Å². The van der Waals surface area contributed by atoms with E-state index in [1.54, 1.807) is 29.3 Å². The molecule has 7 nitrogen and oxygen atoms in total. The average molecular weight is 367 g/mol. The maximum Gasteiger partial charge on any atom is 0.274 e. The minimum atomic E-state index is -0.386. The first kappa shape index (κ1) is 17.3. The van der Waals surface area contributed by atoms with Crippen molar-refractivity contribution in [3.05, 3.63) is 60.3 Å². The van der Waals surface area contributed by atoms with Gasteiger partial charge in [0.05, 0.1) is 11.8 Å². The third-order valence-corrected chi connectivity index (χ3v) is 4.63. The highest BCUT2D eigenvalue weighted by Crippen LogP contribution is 2.24. The summed E-state index contributed by atoms with van der Waals surface area (Å²) in [5.41, 5.74) is 0.661. The predicted octanol–water partition coefficient (Wildman–Crippen LogP) is 2.76. The minimum Gasteiger partial charge on any atom is -0.339 e. The van der Waals surface area contributed by atoms with Crippen molar-refractivity contribution in [2.75, 3.05) is 13.1 Å². The van der Waals surface area contributed by atoms with E-state index in [0.29, 0.717) is 36.7 Å². The van der Waals surface area contributed by atoms with Crippen LogP contribution < -0.4 is 0 Å². The molecule has 1 saturated heterocycles. The molecule has 2 aromatic heterocycles. The van der Waals surface area contributed by atoms with E-state index in [4.69, 9.17) is 4.52 Å². The second-order valence-corrected chi connectivity index (χ2v) is 6.55. The van der Waals surface area contributed by atoms with Gasteiger partial charge in [0.2, 0.25) is 11.7 Å². The lowest BCUT2D eigenvalue weighted by Gasteiger charge is -2.31. The number of rotatable bonds is 4. The van der Waals surface area contributed by atoms with Crippen LogP contribution in [0.5, 0.6) is 0 Å². The molecule has 0 saturated carbocycles. The number of carbonyl (C=O) groups is 1. The fourth-order valence-corrected chi connectivity index (χ4v) is 3.32. The zero-order chi connectivity index (χ0) is 18.6. The Kier molecular flexibility index (Phi) is 4.86. The molecule has 1 atom stereocenters. The topological polar surface area (TPSA) is 85.0 Å². The Morgan fingerprint density at radius 3 is 3.00 bits per heavy atom. The van der Waals surface area contributed by atoms with Crippen molar-refractivity contribution in [3.63, 3.8) is 0 Å². The van der Waals surface area contributed by atoms with Gasteiger partial charge in [-0.1, -0.05) is 17.3 Å². The van der Waals surface area contributed by atoms with Crippen LogP contribution >= 0.6 is 0 Å². The Morgan fingerprint density at radius 1 is 1.30 bits per heavy atom. The quantitative estimate of drug-likeness (QED) is 0.705. The van der Waals surface area contributed by atoms with Crippen molar-refractivity contribution in [1.29, 1.82) is 0 Å². The highest BCUT2D eigenvalue weighted by atomic mass is 19.1. The van der Waals surface area contributed by atoms with Crippen LogP contribution in [0.15, 0.2) is 47.4 Å². The molecule has 138 valence electrons. The second kappa shape index (κ2) is 7.61. The van der Waals surface area contributed by atoms with Crippen LogP contribution in [0.1, 0.15) is 29.2 Å². The van der Waals surface area contributed by atoms with Crippen molar-refractivity contribution in [1.82, 2.24) is 25.0 Å². The standard InChI is InChI=1S/C19H18FN5O2/c20-15-6-2-1-5-14(15)18-23-17(27-24-18)10-13-4-3-9-25(12-13)19(26)16-11-21-7-8-22-16/h1-2,5-8,11,13H,3-4,9-10,12H2/t13-/m0/s1. The molecule has 1 amide bonds. The summed E-state index contributed by atoms with van der Waals surface area (Å²) in [6, 6.07) is 6.32. The molecule has 1 aliphatic rings. The van der Waals surface area contributed by atoms with E-state index in [2.05, 4.69) is 20.1 Å². The Bertz CT molecular complexity index is 931. The van der Waals surface area contributed by atoms with Crippen molar-refractivity contribution in [2.24, 2.45) is 5.92 Å². The lowest BCUT2D eigenvalue weighted by Crippen LogP contribution is -2.40. The number of hydrogen-bond donors (Lipinski definition) is 0. The van der Waals surface area contributed by atoms with Gasteiger partial charge in [-0.05, 0) is 30.9 Å². The maximum absolute atomic E-state index is 13.9. The normalized spacial score (nSPS) is 17.1. The summed E-state index contributed by atoms with van der Waals surface area (Å²) in [6.45, 7) is 1.28. The number of piperidine rings is 1. The molecule has 0 aliphatic carbocycles. The van der Waals surface area contributed by atoms with Gasteiger partial charge >= 0.3 is 0 Å². The summed E-state index contributed by atoms with van der Waals surface area (Å²) < 4.78 is 19.2. The van der Waals surface area contributed by atoms with Gasteiger partial charge < -0.3 is 9.42 Å². The summed E-state index contributed by atoms with van der Waals surface area (Å²) in [7, 11) is 0. The lowest BCUT2D eigenvalue weighted by atomic mass is 9.94. The van der Waals surface area contributed by atoms with Gasteiger partial charge in [0.1, 0.15) is 11.5 Å². The van der Waals surface area contributed by atoms with Crippen LogP contribution in [-0.2, 0) is 6.42 Å². The maximum atomic E-state index is 13.9. The number of halogens is 1. The van der Waals surface area contributed by atoms with Gasteiger partial charge in [0.25, 0.3) is 5.91 Å². The molecular weight excluding hydrogens is 349 g/mol. The number of aromatic nitrogens is 4. The largest absolute Gasteiger partial charge is 0.339 e. The monoisotopic (exact) mass is 367 g/mol. The zero-order valence-corrected chi connectivity index (χ0v) is 14.6. The Hall–Kier alpha value is -3.16. The third kappa shape index (κ3) is 3.84. The highest BCUT2D eigenvalue weighted by molar-refractivity contribution is 5.92. The molecule has 3 heterocycles. The number of carbonyl (C=O) groups excluding carboxylic acids is 1. The van der Waals surface area contributed by atoms with E-state index in [1.165, 1.54) is 18.5 Å². The van der Waals surface area contributed by atoms with E-state index in [1.807, 2.05) is 0 Å². The van der Waals surface area contributed by atoms with E-state index >= 15 is 0 Å². The molecule has 0 unspecified atom stereocenters. The minimum absolute atomic E-state index is 0.120. The number of nitrogens with zero attached hydrogens (tertiary/aromatic N) is 5. The summed E-state index contributed by atoms with van der Waals surface area (Å²) >= 11 is 0. The van der Waals surface area contributed by atoms with Gasteiger partial charge in [-0.2, -0.15) is 4.98 Å². The highest BCUT2D eigenvalue weighted by Gasteiger charge is 2.27. The van der Waals surface area contributed by atoms with Crippen molar-refractivity contribution in [3.8, 4) is 11.4 Å². The summed E-state index contributed by atoms with van der Waals surface area (Å²) in [6.07, 6.45) is 6.93. The average Bonchev–Trinajstić information content (AvgIpc) is 3.17. The molecule has 0 bridgehead atoms. The SMILES string of the molecule is O=C(c1cnccn1)N1CCC[C@@H](Cc2nc(-c3ccccc3F)no2)C1. The Labute approximate surface area is 155 Å². The first-order chi connectivity index (χ1) is 13.2. The fourth-order valence-electron chi connectivity index (χ4n) is 3.32. The smallest absolute Gasteiger partial charge is 0.274 e. The predicted molar refractivity (Wildman–Crippen MR) is 94.1 cm³/mol. The molecule has 0 spiro atoms. The Morgan fingerprint density at radius 2 is 2.19 bits per heavy atom. The number of amides is 1. The van der Waals surface area contributed by atoms with Crippen LogP contribution in [0.2, 0.25) is 0 Å². The van der Waals surface area contributed by atoms with E-state index < -0.39 is 0 Å². The first-order valence-corrected chi connectivity index (χ1v) is 8.83. The molecule has 1 fully saturated rings. The number of benzene rings is 1. The zero-order valence-electron chi connectivity index (χ0n) is 14.6. The van der Waals surface area contributed by atoms with Crippen LogP contribution in [0.3, 0.4) is 0 Å². The van der Waals surface area contributed by atoms with Gasteiger partial charge in [-0.15, -0.1) is 0 Å². The van der Waals surface area contributed by atoms with Crippen molar-refractivity contribution < 1.29 is 13.7 Å². The lowest BCUT2D eigenvalue weighted by molar-refractivity contribution is 0.0661. The number of likely N-dealkylation sites (tertiary alicyclic amines) is 1. The molecule has 3 aromatic rings. The van der Waals surface area contributed by atoms with Crippen LogP contribution in [0.25, 0.3) is 11.4 Å². The van der Waals surface area contributed by atoms with Crippen LogP contribution in [0.4, 0.5) is 4.39 Å². The first-order valence-electron chi connectivity index (χ1n) is 8.83. The van der Waals surface area contributed by atoms with Crippen LogP contribution in [-0.4, -0.2) is 44.0 Å². The molecule has 0 radical (unpaired) electrons. The molecule has 27 heavy (non-hydrogen) atoms. The second-order valence-electron chi connectivity index (χ2n) is 6.55. The Balaban J connectivity index is 1.43. The molecule has 0 N–H and O–H groups in total. The molecular formula is C19H18FN5O2. The third-order valence-electron chi connectivity index (χ3n) is 4.63. The molecule has 4 rings (SSSR count). The number of hydrogen-bond acceptors (Lipinski definition) is 6. The van der Waals surface area contributed by atoms with E-state index in [-0.39, 0.29) is 23.5 Å². The van der Waals surface area contributed by atoms with Crippen LogP contribution in [0, 0.1) is 11.7 Å². The van der Waals surface area contributed by atoms with Crippen molar-refractivity contribution in [2.45, 2.75) is 19.3 Å². The summed E-state index contributed by atoms with van der Waals surface area (Å²) in [5, 5.41) is 3.89. The van der Waals surface area contributed by atoms with Gasteiger partial charge in [-0.3, -0.25) is 9.78 Å².